The second kappa shape index (κ2) is 8.60. The van der Waals surface area contributed by atoms with Crippen molar-refractivity contribution >= 4 is 50.0 Å². The quantitative estimate of drug-likeness (QED) is 0.515. The number of ether oxygens (including phenoxy) is 1. The van der Waals surface area contributed by atoms with Gasteiger partial charge in [-0.1, -0.05) is 34.1 Å². The van der Waals surface area contributed by atoms with E-state index >= 15 is 0 Å². The molecular formula is C16H12Br2N2O4. The number of hydrogen-bond acceptors (Lipinski definition) is 4. The van der Waals surface area contributed by atoms with E-state index in [2.05, 4.69) is 42.4 Å². The van der Waals surface area contributed by atoms with E-state index in [9.17, 15) is 9.59 Å². The molecule has 0 aromatic heterocycles. The maximum Gasteiger partial charge on any atom is 0.336 e. The van der Waals surface area contributed by atoms with Crippen LogP contribution in [-0.2, 0) is 4.79 Å². The molecule has 0 saturated carbocycles. The van der Waals surface area contributed by atoms with Crippen LogP contribution in [-0.4, -0.2) is 29.8 Å². The monoisotopic (exact) mass is 454 g/mol. The Balaban J connectivity index is 1.90. The normalized spacial score (nSPS) is 10.6. The van der Waals surface area contributed by atoms with Crippen molar-refractivity contribution in [1.82, 2.24) is 5.43 Å². The van der Waals surface area contributed by atoms with Crippen LogP contribution in [0.3, 0.4) is 0 Å². The number of amides is 1. The molecule has 24 heavy (non-hydrogen) atoms. The lowest BCUT2D eigenvalue weighted by Crippen LogP contribution is -2.24. The molecular weight excluding hydrogens is 444 g/mol. The van der Waals surface area contributed by atoms with E-state index in [1.54, 1.807) is 36.4 Å². The van der Waals surface area contributed by atoms with Crippen molar-refractivity contribution in [2.24, 2.45) is 5.10 Å². The number of benzene rings is 2. The number of hydrazone groups is 1. The molecule has 0 radical (unpaired) electrons. The third-order valence-corrected chi connectivity index (χ3v) is 3.95. The molecule has 2 aromatic carbocycles. The molecule has 0 fully saturated rings. The van der Waals surface area contributed by atoms with Crippen LogP contribution in [0.15, 0.2) is 56.5 Å². The van der Waals surface area contributed by atoms with Gasteiger partial charge in [0.15, 0.2) is 6.61 Å². The Labute approximate surface area is 154 Å². The van der Waals surface area contributed by atoms with Crippen LogP contribution < -0.4 is 10.2 Å². The molecule has 0 aliphatic heterocycles. The second-order valence-electron chi connectivity index (χ2n) is 4.55. The predicted molar refractivity (Wildman–Crippen MR) is 96.5 cm³/mol. The molecule has 0 aliphatic carbocycles. The topological polar surface area (TPSA) is 88.0 Å². The number of carbonyl (C=O) groups is 2. The van der Waals surface area contributed by atoms with Gasteiger partial charge in [-0.05, 0) is 40.2 Å². The molecule has 0 bridgehead atoms. The molecule has 6 nitrogen and oxygen atoms in total. The zero-order chi connectivity index (χ0) is 17.5. The first-order valence-corrected chi connectivity index (χ1v) is 8.28. The Bertz CT molecular complexity index is 793. The Morgan fingerprint density at radius 2 is 1.96 bits per heavy atom. The number of rotatable bonds is 6. The van der Waals surface area contributed by atoms with E-state index in [0.717, 1.165) is 4.47 Å². The van der Waals surface area contributed by atoms with Gasteiger partial charge in [-0.2, -0.15) is 5.10 Å². The lowest BCUT2D eigenvalue weighted by Gasteiger charge is -2.07. The molecule has 124 valence electrons. The minimum absolute atomic E-state index is 0.102. The first-order valence-electron chi connectivity index (χ1n) is 6.69. The number of nitrogens with one attached hydrogen (secondary N) is 1. The Morgan fingerprint density at radius 3 is 2.67 bits per heavy atom. The van der Waals surface area contributed by atoms with Gasteiger partial charge in [-0.3, -0.25) is 4.79 Å². The fourth-order valence-corrected chi connectivity index (χ4v) is 2.91. The number of hydrogen-bond donors (Lipinski definition) is 2. The first kappa shape index (κ1) is 18.2. The summed E-state index contributed by atoms with van der Waals surface area (Å²) in [4.78, 5) is 22.8. The number of carbonyl (C=O) groups excluding carboxylic acids is 1. The zero-order valence-electron chi connectivity index (χ0n) is 12.2. The van der Waals surface area contributed by atoms with E-state index in [4.69, 9.17) is 9.84 Å². The van der Waals surface area contributed by atoms with Crippen LogP contribution in [0.4, 0.5) is 0 Å². The van der Waals surface area contributed by atoms with Crippen molar-refractivity contribution in [2.45, 2.75) is 0 Å². The second-order valence-corrected chi connectivity index (χ2v) is 6.32. The van der Waals surface area contributed by atoms with Crippen LogP contribution in [0.2, 0.25) is 0 Å². The summed E-state index contributed by atoms with van der Waals surface area (Å²) >= 11 is 6.65. The average molecular weight is 456 g/mol. The van der Waals surface area contributed by atoms with E-state index in [1.165, 1.54) is 12.3 Å². The van der Waals surface area contributed by atoms with Gasteiger partial charge >= 0.3 is 5.97 Å². The summed E-state index contributed by atoms with van der Waals surface area (Å²) in [6, 6.07) is 11.7. The fourth-order valence-electron chi connectivity index (χ4n) is 1.75. The molecule has 2 rings (SSSR count). The van der Waals surface area contributed by atoms with E-state index < -0.39 is 11.9 Å². The highest BCUT2D eigenvalue weighted by Gasteiger charge is 2.08. The molecule has 2 aromatic rings. The number of carboxylic acids is 1. The molecule has 8 heteroatoms. The fraction of sp³-hybridized carbons (Fsp3) is 0.0625. The molecule has 1 amide bonds. The highest BCUT2D eigenvalue weighted by molar-refractivity contribution is 9.11. The van der Waals surface area contributed by atoms with Gasteiger partial charge in [0, 0.05) is 10.0 Å². The Kier molecular flexibility index (Phi) is 6.51. The highest BCUT2D eigenvalue weighted by Crippen LogP contribution is 2.28. The average Bonchev–Trinajstić information content (AvgIpc) is 2.54. The van der Waals surface area contributed by atoms with Gasteiger partial charge in [0.05, 0.1) is 16.3 Å². The Morgan fingerprint density at radius 1 is 1.21 bits per heavy atom. The summed E-state index contributed by atoms with van der Waals surface area (Å²) in [7, 11) is 0. The molecule has 0 heterocycles. The van der Waals surface area contributed by atoms with Crippen LogP contribution in [0.25, 0.3) is 0 Å². The summed E-state index contributed by atoms with van der Waals surface area (Å²) < 4.78 is 6.96. The summed E-state index contributed by atoms with van der Waals surface area (Å²) in [6.45, 7) is -0.224. The largest absolute Gasteiger partial charge is 0.483 e. The van der Waals surface area contributed by atoms with Crippen molar-refractivity contribution in [3.63, 3.8) is 0 Å². The third kappa shape index (κ3) is 5.17. The molecule has 0 aliphatic rings. The van der Waals surface area contributed by atoms with Gasteiger partial charge in [-0.25, -0.2) is 10.2 Å². The maximum absolute atomic E-state index is 11.7. The number of carboxylic acid groups (broad SMARTS) is 1. The summed E-state index contributed by atoms with van der Waals surface area (Å²) in [5.74, 6) is -1.01. The number of nitrogens with zero attached hydrogens (tertiary/aromatic N) is 1. The number of halogens is 2. The zero-order valence-corrected chi connectivity index (χ0v) is 15.4. The van der Waals surface area contributed by atoms with Gasteiger partial charge < -0.3 is 9.84 Å². The number of aromatic carboxylic acids is 1. The summed E-state index contributed by atoms with van der Waals surface area (Å²) in [5.41, 5.74) is 2.78. The summed E-state index contributed by atoms with van der Waals surface area (Å²) in [5, 5.41) is 12.8. The van der Waals surface area contributed by atoms with Gasteiger partial charge in [0.1, 0.15) is 5.75 Å². The van der Waals surface area contributed by atoms with Crippen molar-refractivity contribution in [2.75, 3.05) is 6.61 Å². The van der Waals surface area contributed by atoms with Crippen LogP contribution in [0.1, 0.15) is 15.9 Å². The highest BCUT2D eigenvalue weighted by atomic mass is 79.9. The van der Waals surface area contributed by atoms with Crippen molar-refractivity contribution < 1.29 is 19.4 Å². The maximum atomic E-state index is 11.7. The predicted octanol–water partition coefficient (Wildman–Crippen LogP) is 3.44. The smallest absolute Gasteiger partial charge is 0.336 e. The minimum atomic E-state index is -1.06. The van der Waals surface area contributed by atoms with Gasteiger partial charge in [0.2, 0.25) is 0 Å². The molecule has 0 unspecified atom stereocenters. The van der Waals surface area contributed by atoms with Crippen molar-refractivity contribution in [3.8, 4) is 5.75 Å². The molecule has 0 spiro atoms. The third-order valence-electron chi connectivity index (χ3n) is 2.84. The van der Waals surface area contributed by atoms with E-state index in [1.807, 2.05) is 0 Å². The molecule has 0 atom stereocenters. The first-order chi connectivity index (χ1) is 11.5. The van der Waals surface area contributed by atoms with Crippen molar-refractivity contribution in [3.05, 3.63) is 62.5 Å². The lowest BCUT2D eigenvalue weighted by atomic mass is 10.1. The lowest BCUT2D eigenvalue weighted by molar-refractivity contribution is -0.123. The van der Waals surface area contributed by atoms with Crippen LogP contribution in [0.5, 0.6) is 5.75 Å². The Hall–Kier alpha value is -2.19. The minimum Gasteiger partial charge on any atom is -0.483 e. The van der Waals surface area contributed by atoms with Gasteiger partial charge in [-0.15, -0.1) is 0 Å². The standard InChI is InChI=1S/C16H12Br2N2O4/c17-11-5-6-14(13(18)7-11)24-9-15(21)20-19-8-10-3-1-2-4-12(10)16(22)23/h1-8H,9H2,(H,20,21)(H,22,23)/b19-8+. The molecule has 0 saturated heterocycles. The molecule has 2 N–H and O–H groups in total. The van der Waals surface area contributed by atoms with Gasteiger partial charge in [0.25, 0.3) is 5.91 Å². The van der Waals surface area contributed by atoms with Crippen molar-refractivity contribution in [1.29, 1.82) is 0 Å². The van der Waals surface area contributed by atoms with Crippen LogP contribution >= 0.6 is 31.9 Å². The van der Waals surface area contributed by atoms with Crippen LogP contribution in [0, 0.1) is 0 Å². The van der Waals surface area contributed by atoms with E-state index in [0.29, 0.717) is 15.8 Å². The SMILES string of the molecule is O=C(COc1ccc(Br)cc1Br)N/N=C/c1ccccc1C(=O)O. The van der Waals surface area contributed by atoms with E-state index in [-0.39, 0.29) is 12.2 Å². The summed E-state index contributed by atoms with van der Waals surface area (Å²) in [6.07, 6.45) is 1.27.